The van der Waals surface area contributed by atoms with Crippen LogP contribution in [0.15, 0.2) is 30.3 Å². The normalized spacial score (nSPS) is 10.1. The average Bonchev–Trinajstić information content (AvgIpc) is 2.42. The highest BCUT2D eigenvalue weighted by Crippen LogP contribution is 2.19. The van der Waals surface area contributed by atoms with Crippen LogP contribution in [0.4, 0.5) is 15.8 Å². The maximum Gasteiger partial charge on any atom is 0.129 e. The minimum Gasteiger partial charge on any atom is -0.398 e. The molecule has 2 aromatic rings. The fourth-order valence-corrected chi connectivity index (χ4v) is 2.12. The number of hydrogen-bond acceptors (Lipinski definition) is 3. The van der Waals surface area contributed by atoms with Gasteiger partial charge in [0.2, 0.25) is 0 Å². The molecule has 0 amide bonds. The van der Waals surface area contributed by atoms with Crippen molar-refractivity contribution < 1.29 is 4.39 Å². The molecule has 0 aliphatic rings. The summed E-state index contributed by atoms with van der Waals surface area (Å²) in [7, 11) is 0. The summed E-state index contributed by atoms with van der Waals surface area (Å²) in [6, 6.07) is 10.9. The van der Waals surface area contributed by atoms with Crippen LogP contribution in [0.25, 0.3) is 0 Å². The van der Waals surface area contributed by atoms with Gasteiger partial charge in [0.25, 0.3) is 0 Å². The molecule has 0 radical (unpaired) electrons. The standard InChI is InChI=1S/C16H16FN3/c1-10-5-12(6-11(2)16(10)17)9-20-14-4-3-13(8-18)15(19)7-14/h3-7,20H,9,19H2,1-2H3. The van der Waals surface area contributed by atoms with Gasteiger partial charge in [0.05, 0.1) is 11.3 Å². The van der Waals surface area contributed by atoms with Crippen LogP contribution in [0, 0.1) is 31.0 Å². The highest BCUT2D eigenvalue weighted by Gasteiger charge is 2.05. The summed E-state index contributed by atoms with van der Waals surface area (Å²) in [5.74, 6) is -0.156. The number of nitrogen functional groups attached to an aromatic ring is 1. The van der Waals surface area contributed by atoms with Crippen LogP contribution >= 0.6 is 0 Å². The van der Waals surface area contributed by atoms with E-state index in [9.17, 15) is 4.39 Å². The summed E-state index contributed by atoms with van der Waals surface area (Å²) >= 11 is 0. The Hall–Kier alpha value is -2.54. The summed E-state index contributed by atoms with van der Waals surface area (Å²) < 4.78 is 13.5. The van der Waals surface area contributed by atoms with E-state index in [0.29, 0.717) is 28.9 Å². The molecule has 0 atom stereocenters. The number of hydrogen-bond donors (Lipinski definition) is 2. The van der Waals surface area contributed by atoms with Crippen molar-refractivity contribution in [1.82, 2.24) is 0 Å². The fraction of sp³-hybridized carbons (Fsp3) is 0.188. The number of nitrogens with two attached hydrogens (primary N) is 1. The molecule has 0 fully saturated rings. The van der Waals surface area contributed by atoms with Gasteiger partial charge in [-0.15, -0.1) is 0 Å². The lowest BCUT2D eigenvalue weighted by molar-refractivity contribution is 0.608. The van der Waals surface area contributed by atoms with Crippen LogP contribution in [-0.2, 0) is 6.54 Å². The quantitative estimate of drug-likeness (QED) is 0.838. The highest BCUT2D eigenvalue weighted by atomic mass is 19.1. The number of benzene rings is 2. The minimum absolute atomic E-state index is 0.156. The van der Waals surface area contributed by atoms with Crippen LogP contribution in [0.5, 0.6) is 0 Å². The van der Waals surface area contributed by atoms with Crippen molar-refractivity contribution in [2.24, 2.45) is 0 Å². The van der Waals surface area contributed by atoms with Gasteiger partial charge >= 0.3 is 0 Å². The summed E-state index contributed by atoms with van der Waals surface area (Å²) in [4.78, 5) is 0. The predicted octanol–water partition coefficient (Wildman–Crippen LogP) is 3.51. The largest absolute Gasteiger partial charge is 0.398 e. The summed E-state index contributed by atoms with van der Waals surface area (Å²) in [5, 5.41) is 12.0. The lowest BCUT2D eigenvalue weighted by atomic mass is 10.1. The molecule has 0 bridgehead atoms. The molecule has 102 valence electrons. The van der Waals surface area contributed by atoms with Crippen molar-refractivity contribution in [3.63, 3.8) is 0 Å². The lowest BCUT2D eigenvalue weighted by Crippen LogP contribution is -2.02. The molecule has 0 aliphatic heterocycles. The predicted molar refractivity (Wildman–Crippen MR) is 78.8 cm³/mol. The van der Waals surface area contributed by atoms with Crippen molar-refractivity contribution in [3.8, 4) is 6.07 Å². The molecule has 0 saturated carbocycles. The van der Waals surface area contributed by atoms with Crippen LogP contribution in [0.1, 0.15) is 22.3 Å². The zero-order chi connectivity index (χ0) is 14.7. The Kier molecular flexibility index (Phi) is 3.90. The Morgan fingerprint density at radius 2 is 1.85 bits per heavy atom. The van der Waals surface area contributed by atoms with Gasteiger partial charge in [0.15, 0.2) is 0 Å². The molecule has 0 aromatic heterocycles. The van der Waals surface area contributed by atoms with Gasteiger partial charge in [-0.2, -0.15) is 5.26 Å². The summed E-state index contributed by atoms with van der Waals surface area (Å²) in [6.45, 7) is 4.09. The Morgan fingerprint density at radius 3 is 2.40 bits per heavy atom. The Balaban J connectivity index is 2.13. The minimum atomic E-state index is -0.156. The van der Waals surface area contributed by atoms with Crippen molar-refractivity contribution in [2.45, 2.75) is 20.4 Å². The van der Waals surface area contributed by atoms with E-state index in [-0.39, 0.29) is 5.82 Å². The van der Waals surface area contributed by atoms with E-state index >= 15 is 0 Å². The first-order chi connectivity index (χ1) is 9.51. The molecule has 3 nitrogen and oxygen atoms in total. The third kappa shape index (κ3) is 2.89. The summed E-state index contributed by atoms with van der Waals surface area (Å²) in [5.41, 5.74) is 9.79. The molecule has 0 spiro atoms. The average molecular weight is 269 g/mol. The molecule has 2 aromatic carbocycles. The smallest absolute Gasteiger partial charge is 0.129 e. The number of rotatable bonds is 3. The lowest BCUT2D eigenvalue weighted by Gasteiger charge is -2.10. The second-order valence-electron chi connectivity index (χ2n) is 4.81. The van der Waals surface area contributed by atoms with Gasteiger partial charge < -0.3 is 11.1 Å². The first-order valence-electron chi connectivity index (χ1n) is 6.30. The summed E-state index contributed by atoms with van der Waals surface area (Å²) in [6.07, 6.45) is 0. The number of anilines is 2. The maximum absolute atomic E-state index is 13.5. The van der Waals surface area contributed by atoms with E-state index in [2.05, 4.69) is 5.32 Å². The van der Waals surface area contributed by atoms with Gasteiger partial charge in [0, 0.05) is 12.2 Å². The first-order valence-corrected chi connectivity index (χ1v) is 6.30. The third-order valence-electron chi connectivity index (χ3n) is 3.16. The Labute approximate surface area is 117 Å². The molecule has 20 heavy (non-hydrogen) atoms. The molecule has 0 aliphatic carbocycles. The zero-order valence-electron chi connectivity index (χ0n) is 11.5. The number of nitrogens with one attached hydrogen (secondary N) is 1. The van der Waals surface area contributed by atoms with Crippen LogP contribution < -0.4 is 11.1 Å². The van der Waals surface area contributed by atoms with E-state index < -0.39 is 0 Å². The fourth-order valence-electron chi connectivity index (χ4n) is 2.12. The number of nitrogens with zero attached hydrogens (tertiary/aromatic N) is 1. The van der Waals surface area contributed by atoms with Gasteiger partial charge in [0.1, 0.15) is 11.9 Å². The molecule has 3 N–H and O–H groups in total. The van der Waals surface area contributed by atoms with Gasteiger partial charge in [-0.1, -0.05) is 12.1 Å². The monoisotopic (exact) mass is 269 g/mol. The SMILES string of the molecule is Cc1cc(CNc2ccc(C#N)c(N)c2)cc(C)c1F. The van der Waals surface area contributed by atoms with E-state index in [0.717, 1.165) is 11.3 Å². The molecule has 0 unspecified atom stereocenters. The van der Waals surface area contributed by atoms with Crippen molar-refractivity contribution >= 4 is 11.4 Å². The van der Waals surface area contributed by atoms with E-state index in [1.54, 1.807) is 32.0 Å². The zero-order valence-corrected chi connectivity index (χ0v) is 11.5. The number of aryl methyl sites for hydroxylation is 2. The Bertz CT molecular complexity index is 664. The molecule has 0 saturated heterocycles. The highest BCUT2D eigenvalue weighted by molar-refractivity contribution is 5.62. The maximum atomic E-state index is 13.5. The van der Waals surface area contributed by atoms with Crippen LogP contribution in [-0.4, -0.2) is 0 Å². The van der Waals surface area contributed by atoms with Crippen molar-refractivity contribution in [1.29, 1.82) is 5.26 Å². The van der Waals surface area contributed by atoms with Gasteiger partial charge in [-0.25, -0.2) is 4.39 Å². The van der Waals surface area contributed by atoms with Crippen molar-refractivity contribution in [2.75, 3.05) is 11.1 Å². The van der Waals surface area contributed by atoms with Gasteiger partial charge in [-0.3, -0.25) is 0 Å². The number of halogens is 1. The van der Waals surface area contributed by atoms with Crippen molar-refractivity contribution in [3.05, 3.63) is 58.4 Å². The second-order valence-corrected chi connectivity index (χ2v) is 4.81. The van der Waals surface area contributed by atoms with E-state index in [4.69, 9.17) is 11.0 Å². The Morgan fingerprint density at radius 1 is 1.20 bits per heavy atom. The van der Waals surface area contributed by atoms with Crippen LogP contribution in [0.2, 0.25) is 0 Å². The molecule has 0 heterocycles. The van der Waals surface area contributed by atoms with E-state index in [1.807, 2.05) is 18.2 Å². The molecule has 2 rings (SSSR count). The van der Waals surface area contributed by atoms with E-state index in [1.165, 1.54) is 0 Å². The molecule has 4 heteroatoms. The topological polar surface area (TPSA) is 61.8 Å². The third-order valence-corrected chi connectivity index (χ3v) is 3.16. The van der Waals surface area contributed by atoms with Crippen LogP contribution in [0.3, 0.4) is 0 Å². The molecular weight excluding hydrogens is 253 g/mol. The molecular formula is C16H16FN3. The second kappa shape index (κ2) is 5.62. The van der Waals surface area contributed by atoms with Gasteiger partial charge in [-0.05, 0) is 48.7 Å². The first kappa shape index (κ1) is 13.9. The number of nitriles is 1.